The fourth-order valence-electron chi connectivity index (χ4n) is 2.06. The molecule has 0 aromatic carbocycles. The van der Waals surface area contributed by atoms with E-state index in [0.29, 0.717) is 5.82 Å². The van der Waals surface area contributed by atoms with E-state index in [1.54, 1.807) is 30.6 Å². The van der Waals surface area contributed by atoms with E-state index in [1.807, 2.05) is 6.07 Å². The summed E-state index contributed by atoms with van der Waals surface area (Å²) in [5.41, 5.74) is 0.306. The molecule has 3 rings (SSSR count). The number of hydrogen-bond donors (Lipinski definition) is 0. The van der Waals surface area contributed by atoms with Gasteiger partial charge in [-0.3, -0.25) is 9.78 Å². The monoisotopic (exact) mass is 307 g/mol. The Morgan fingerprint density at radius 2 is 2.13 bits per heavy atom. The summed E-state index contributed by atoms with van der Waals surface area (Å²) in [6, 6.07) is 11.0. The van der Waals surface area contributed by atoms with Crippen LogP contribution < -0.4 is 0 Å². The van der Waals surface area contributed by atoms with Crippen LogP contribution >= 0.6 is 0 Å². The molecule has 0 bridgehead atoms. The number of pyridine rings is 2. The molecule has 6 nitrogen and oxygen atoms in total. The second-order valence-corrected chi connectivity index (χ2v) is 4.66. The van der Waals surface area contributed by atoms with Crippen molar-refractivity contribution in [2.24, 2.45) is 0 Å². The van der Waals surface area contributed by atoms with Crippen LogP contribution in [-0.4, -0.2) is 25.5 Å². The molecule has 0 spiro atoms. The summed E-state index contributed by atoms with van der Waals surface area (Å²) in [7, 11) is 0. The molecule has 1 atom stereocenters. The van der Waals surface area contributed by atoms with Gasteiger partial charge in [0, 0.05) is 12.4 Å². The van der Waals surface area contributed by atoms with Gasteiger partial charge in [0.05, 0.1) is 18.0 Å². The van der Waals surface area contributed by atoms with Crippen molar-refractivity contribution in [2.75, 3.05) is 0 Å². The number of carbonyl (C=O) groups is 1. The smallest absolute Gasteiger partial charge is 0.204 e. The predicted octanol–water partition coefficient (Wildman–Crippen LogP) is 2.29. The first kappa shape index (κ1) is 14.5. The number of rotatable bonds is 4. The number of hydrogen-bond acceptors (Lipinski definition) is 5. The van der Waals surface area contributed by atoms with E-state index in [0.717, 1.165) is 12.3 Å². The molecule has 0 saturated heterocycles. The van der Waals surface area contributed by atoms with Crippen molar-refractivity contribution >= 4 is 5.78 Å². The molecule has 23 heavy (non-hydrogen) atoms. The molecular formula is C16H10FN5O. The molecular weight excluding hydrogens is 297 g/mol. The first-order valence-electron chi connectivity index (χ1n) is 6.71. The molecule has 0 saturated carbocycles. The molecule has 1 unspecified atom stereocenters. The topological polar surface area (TPSA) is 84.5 Å². The van der Waals surface area contributed by atoms with Crippen molar-refractivity contribution in [3.05, 3.63) is 72.2 Å². The number of aromatic nitrogens is 4. The molecule has 3 heterocycles. The Kier molecular flexibility index (Phi) is 3.89. The summed E-state index contributed by atoms with van der Waals surface area (Å²) < 4.78 is 14.4. The van der Waals surface area contributed by atoms with Gasteiger partial charge in [0.25, 0.3) is 0 Å². The van der Waals surface area contributed by atoms with Crippen LogP contribution in [0.5, 0.6) is 0 Å². The van der Waals surface area contributed by atoms with E-state index < -0.39 is 17.5 Å². The lowest BCUT2D eigenvalue weighted by atomic mass is 9.98. The van der Waals surface area contributed by atoms with E-state index in [-0.39, 0.29) is 11.4 Å². The Morgan fingerprint density at radius 3 is 2.78 bits per heavy atom. The van der Waals surface area contributed by atoms with Crippen LogP contribution in [0.3, 0.4) is 0 Å². The fourth-order valence-corrected chi connectivity index (χ4v) is 2.06. The first-order chi connectivity index (χ1) is 11.2. The van der Waals surface area contributed by atoms with Gasteiger partial charge in [-0.05, 0) is 30.3 Å². The van der Waals surface area contributed by atoms with Gasteiger partial charge in [0.15, 0.2) is 11.7 Å². The zero-order valence-corrected chi connectivity index (χ0v) is 11.8. The molecule has 0 aliphatic heterocycles. The summed E-state index contributed by atoms with van der Waals surface area (Å²) in [6.07, 6.45) is 4.26. The highest BCUT2D eigenvalue weighted by molar-refractivity contribution is 6.01. The van der Waals surface area contributed by atoms with E-state index in [4.69, 9.17) is 0 Å². The van der Waals surface area contributed by atoms with Gasteiger partial charge in [-0.1, -0.05) is 6.07 Å². The summed E-state index contributed by atoms with van der Waals surface area (Å²) in [6.45, 7) is 0. The van der Waals surface area contributed by atoms with E-state index >= 15 is 0 Å². The predicted molar refractivity (Wildman–Crippen MR) is 78.2 cm³/mol. The lowest BCUT2D eigenvalue weighted by Crippen LogP contribution is -2.15. The van der Waals surface area contributed by atoms with Crippen LogP contribution in [0, 0.1) is 17.1 Å². The van der Waals surface area contributed by atoms with Crippen LogP contribution in [0.2, 0.25) is 0 Å². The Hall–Kier alpha value is -3.40. The number of nitrogens with zero attached hydrogens (tertiary/aromatic N) is 5. The minimum Gasteiger partial charge on any atom is -0.290 e. The maximum atomic E-state index is 12.9. The third kappa shape index (κ3) is 2.96. The van der Waals surface area contributed by atoms with Crippen molar-refractivity contribution < 1.29 is 9.18 Å². The second kappa shape index (κ2) is 6.15. The first-order valence-corrected chi connectivity index (χ1v) is 6.71. The van der Waals surface area contributed by atoms with E-state index in [2.05, 4.69) is 15.1 Å². The molecule has 0 amide bonds. The van der Waals surface area contributed by atoms with Crippen LogP contribution in [0.4, 0.5) is 4.39 Å². The van der Waals surface area contributed by atoms with Crippen molar-refractivity contribution in [1.82, 2.24) is 19.7 Å². The van der Waals surface area contributed by atoms with Crippen molar-refractivity contribution in [2.45, 2.75) is 5.92 Å². The Bertz CT molecular complexity index is 868. The molecule has 0 N–H and O–H groups in total. The lowest BCUT2D eigenvalue weighted by molar-refractivity contribution is 0.0972. The molecule has 0 radical (unpaired) electrons. The molecule has 0 fully saturated rings. The van der Waals surface area contributed by atoms with Crippen LogP contribution in [0.15, 0.2) is 55.0 Å². The third-order valence-electron chi connectivity index (χ3n) is 3.16. The number of carbonyl (C=O) groups excluding carboxylic acids is 1. The molecule has 0 aliphatic carbocycles. The summed E-state index contributed by atoms with van der Waals surface area (Å²) in [4.78, 5) is 20.6. The van der Waals surface area contributed by atoms with E-state index in [9.17, 15) is 14.4 Å². The van der Waals surface area contributed by atoms with Gasteiger partial charge in [-0.15, -0.1) is 0 Å². The number of halogens is 1. The fraction of sp³-hybridized carbons (Fsp3) is 0.0625. The highest BCUT2D eigenvalue weighted by atomic mass is 19.1. The molecule has 3 aromatic heterocycles. The number of nitriles is 1. The van der Waals surface area contributed by atoms with Gasteiger partial charge in [0.2, 0.25) is 5.78 Å². The van der Waals surface area contributed by atoms with Crippen molar-refractivity contribution in [3.63, 3.8) is 0 Å². The second-order valence-electron chi connectivity index (χ2n) is 4.66. The van der Waals surface area contributed by atoms with Gasteiger partial charge in [0.1, 0.15) is 11.5 Å². The maximum Gasteiger partial charge on any atom is 0.204 e. The Labute approximate surface area is 130 Å². The lowest BCUT2D eigenvalue weighted by Gasteiger charge is -2.08. The minimum atomic E-state index is -1.14. The molecule has 112 valence electrons. The van der Waals surface area contributed by atoms with Crippen molar-refractivity contribution in [1.29, 1.82) is 5.26 Å². The highest BCUT2D eigenvalue weighted by Crippen LogP contribution is 2.18. The molecule has 7 heteroatoms. The third-order valence-corrected chi connectivity index (χ3v) is 3.16. The molecule has 3 aromatic rings. The largest absolute Gasteiger partial charge is 0.290 e. The van der Waals surface area contributed by atoms with Crippen LogP contribution in [0.1, 0.15) is 22.1 Å². The Morgan fingerprint density at radius 1 is 1.26 bits per heavy atom. The minimum absolute atomic E-state index is 0.121. The Balaban J connectivity index is 1.94. The maximum absolute atomic E-state index is 12.9. The van der Waals surface area contributed by atoms with Crippen LogP contribution in [0.25, 0.3) is 5.82 Å². The SMILES string of the molecule is N#CC(C(=O)c1cccc(-n2cccn2)n1)c1ccc(F)cn1. The average molecular weight is 307 g/mol. The van der Waals surface area contributed by atoms with E-state index in [1.165, 1.54) is 16.8 Å². The van der Waals surface area contributed by atoms with Crippen LogP contribution in [-0.2, 0) is 0 Å². The van der Waals surface area contributed by atoms with Gasteiger partial charge >= 0.3 is 0 Å². The standard InChI is InChI=1S/C16H10FN5O/c17-11-5-6-13(19-10-11)12(9-18)16(23)14-3-1-4-15(21-14)22-8-2-7-20-22/h1-8,10,12H. The van der Waals surface area contributed by atoms with Crippen molar-refractivity contribution in [3.8, 4) is 11.9 Å². The summed E-state index contributed by atoms with van der Waals surface area (Å²) in [5, 5.41) is 13.3. The van der Waals surface area contributed by atoms with Gasteiger partial charge in [-0.2, -0.15) is 10.4 Å². The average Bonchev–Trinajstić information content (AvgIpc) is 3.12. The number of Topliss-reactive ketones (excluding diaryl/α,β-unsaturated/α-hetero) is 1. The van der Waals surface area contributed by atoms with Gasteiger partial charge in [-0.25, -0.2) is 14.1 Å². The summed E-state index contributed by atoms with van der Waals surface area (Å²) >= 11 is 0. The zero-order chi connectivity index (χ0) is 16.2. The van der Waals surface area contributed by atoms with Gasteiger partial charge < -0.3 is 0 Å². The number of ketones is 1. The molecule has 0 aliphatic rings. The highest BCUT2D eigenvalue weighted by Gasteiger charge is 2.24. The normalized spacial score (nSPS) is 11.7. The summed E-state index contributed by atoms with van der Waals surface area (Å²) in [5.74, 6) is -1.71. The quantitative estimate of drug-likeness (QED) is 0.690. The zero-order valence-electron chi connectivity index (χ0n) is 11.8.